The average molecular weight is 341 g/mol. The van der Waals surface area contributed by atoms with Crippen LogP contribution in [0.3, 0.4) is 0 Å². The number of hydrogen-bond acceptors (Lipinski definition) is 4. The standard InChI is InChI=1S/C16H26BF2N3O2/c1-14(2)15(3,4)24-17(23-14)13-10-20-22(11-13)8-5-7-21-9-6-16(18,19)12-21/h10-11H,5-9,12H2,1-4H3. The van der Waals surface area contributed by atoms with E-state index in [0.717, 1.165) is 11.9 Å². The van der Waals surface area contributed by atoms with E-state index in [2.05, 4.69) is 5.10 Å². The minimum absolute atomic E-state index is 0.0269. The zero-order chi connectivity index (χ0) is 17.6. The lowest BCUT2D eigenvalue weighted by atomic mass is 9.82. The maximum Gasteiger partial charge on any atom is 0.498 e. The number of hydrogen-bond donors (Lipinski definition) is 0. The molecule has 0 radical (unpaired) electrons. The topological polar surface area (TPSA) is 39.5 Å². The van der Waals surface area contributed by atoms with E-state index in [4.69, 9.17) is 9.31 Å². The van der Waals surface area contributed by atoms with Gasteiger partial charge in [-0.15, -0.1) is 0 Å². The number of nitrogens with zero attached hydrogens (tertiary/aromatic N) is 3. The maximum absolute atomic E-state index is 13.2. The summed E-state index contributed by atoms with van der Waals surface area (Å²) < 4.78 is 40.2. The van der Waals surface area contributed by atoms with E-state index in [9.17, 15) is 8.78 Å². The molecule has 2 aliphatic heterocycles. The molecule has 24 heavy (non-hydrogen) atoms. The van der Waals surface area contributed by atoms with Gasteiger partial charge >= 0.3 is 7.12 Å². The Labute approximate surface area is 142 Å². The molecule has 0 atom stereocenters. The van der Waals surface area contributed by atoms with Gasteiger partial charge in [0.15, 0.2) is 0 Å². The molecule has 0 amide bonds. The first-order valence-corrected chi connectivity index (χ1v) is 8.56. The first-order chi connectivity index (χ1) is 11.1. The van der Waals surface area contributed by atoms with Crippen LogP contribution >= 0.6 is 0 Å². The molecule has 0 aliphatic carbocycles. The van der Waals surface area contributed by atoms with Gasteiger partial charge in [-0.1, -0.05) is 0 Å². The highest BCUT2D eigenvalue weighted by Crippen LogP contribution is 2.36. The average Bonchev–Trinajstić information content (AvgIpc) is 3.09. The number of likely N-dealkylation sites (tertiary alicyclic amines) is 1. The fraction of sp³-hybridized carbons (Fsp3) is 0.812. The van der Waals surface area contributed by atoms with Gasteiger partial charge < -0.3 is 9.31 Å². The van der Waals surface area contributed by atoms with Gasteiger partial charge in [-0.25, -0.2) is 8.78 Å². The lowest BCUT2D eigenvalue weighted by molar-refractivity contribution is 0.00578. The van der Waals surface area contributed by atoms with Crippen molar-refractivity contribution in [3.8, 4) is 0 Å². The Morgan fingerprint density at radius 3 is 2.42 bits per heavy atom. The summed E-state index contributed by atoms with van der Waals surface area (Å²) >= 11 is 0. The molecule has 0 unspecified atom stereocenters. The van der Waals surface area contributed by atoms with Crippen molar-refractivity contribution in [1.82, 2.24) is 14.7 Å². The monoisotopic (exact) mass is 341 g/mol. The fourth-order valence-electron chi connectivity index (χ4n) is 3.06. The Balaban J connectivity index is 1.50. The summed E-state index contributed by atoms with van der Waals surface area (Å²) in [5.74, 6) is -2.52. The Kier molecular flexibility index (Phi) is 4.51. The molecule has 0 N–H and O–H groups in total. The van der Waals surface area contributed by atoms with Crippen molar-refractivity contribution < 1.29 is 18.1 Å². The molecule has 8 heteroatoms. The zero-order valence-corrected chi connectivity index (χ0v) is 14.9. The number of aromatic nitrogens is 2. The van der Waals surface area contributed by atoms with Gasteiger partial charge in [-0.2, -0.15) is 5.10 Å². The van der Waals surface area contributed by atoms with Crippen LogP contribution in [-0.2, 0) is 15.9 Å². The number of alkyl halides is 2. The van der Waals surface area contributed by atoms with Crippen molar-refractivity contribution in [1.29, 1.82) is 0 Å². The van der Waals surface area contributed by atoms with Gasteiger partial charge in [0.2, 0.25) is 0 Å². The van der Waals surface area contributed by atoms with Crippen LogP contribution in [0.15, 0.2) is 12.4 Å². The second-order valence-electron chi connectivity index (χ2n) is 7.86. The summed E-state index contributed by atoms with van der Waals surface area (Å²) in [6, 6.07) is 0. The Hall–Kier alpha value is -0.985. The quantitative estimate of drug-likeness (QED) is 0.767. The summed E-state index contributed by atoms with van der Waals surface area (Å²) in [6.07, 6.45) is 4.44. The summed E-state index contributed by atoms with van der Waals surface area (Å²) in [5, 5.41) is 4.34. The normalized spacial score (nSPS) is 25.5. The first-order valence-electron chi connectivity index (χ1n) is 8.56. The lowest BCUT2D eigenvalue weighted by Crippen LogP contribution is -2.41. The Bertz CT molecular complexity index is 576. The molecule has 0 aromatic carbocycles. The molecule has 3 heterocycles. The number of aryl methyl sites for hydroxylation is 1. The summed E-state index contributed by atoms with van der Waals surface area (Å²) in [4.78, 5) is 1.82. The van der Waals surface area contributed by atoms with Crippen molar-refractivity contribution in [3.05, 3.63) is 12.4 Å². The van der Waals surface area contributed by atoms with Crippen molar-refractivity contribution in [2.75, 3.05) is 19.6 Å². The van der Waals surface area contributed by atoms with E-state index in [-0.39, 0.29) is 24.2 Å². The van der Waals surface area contributed by atoms with E-state index in [1.165, 1.54) is 0 Å². The third-order valence-corrected chi connectivity index (χ3v) is 5.29. The minimum Gasteiger partial charge on any atom is -0.399 e. The number of halogens is 2. The zero-order valence-electron chi connectivity index (χ0n) is 14.9. The van der Waals surface area contributed by atoms with Gasteiger partial charge in [-0.05, 0) is 34.1 Å². The summed E-state index contributed by atoms with van der Waals surface area (Å²) in [5.41, 5.74) is 0.142. The first kappa shape index (κ1) is 17.8. The van der Waals surface area contributed by atoms with E-state index in [1.54, 1.807) is 6.20 Å². The molecule has 5 nitrogen and oxygen atoms in total. The second-order valence-corrected chi connectivity index (χ2v) is 7.86. The van der Waals surface area contributed by atoms with Crippen LogP contribution in [0.2, 0.25) is 0 Å². The fourth-order valence-corrected chi connectivity index (χ4v) is 3.06. The van der Waals surface area contributed by atoms with Crippen molar-refractivity contribution in [2.45, 2.75) is 64.2 Å². The van der Waals surface area contributed by atoms with Crippen LogP contribution in [0.5, 0.6) is 0 Å². The molecule has 2 aliphatic rings. The molecule has 3 rings (SSSR count). The van der Waals surface area contributed by atoms with Gasteiger partial charge in [-0.3, -0.25) is 9.58 Å². The van der Waals surface area contributed by atoms with Crippen LogP contribution in [0, 0.1) is 0 Å². The minimum atomic E-state index is -2.52. The van der Waals surface area contributed by atoms with E-state index in [0.29, 0.717) is 19.6 Å². The van der Waals surface area contributed by atoms with E-state index >= 15 is 0 Å². The van der Waals surface area contributed by atoms with Gasteiger partial charge in [0, 0.05) is 43.9 Å². The predicted molar refractivity (Wildman–Crippen MR) is 88.6 cm³/mol. The second kappa shape index (κ2) is 6.07. The van der Waals surface area contributed by atoms with Crippen LogP contribution in [0.25, 0.3) is 0 Å². The third-order valence-electron chi connectivity index (χ3n) is 5.29. The lowest BCUT2D eigenvalue weighted by Gasteiger charge is -2.32. The highest BCUT2D eigenvalue weighted by Gasteiger charge is 2.52. The molecule has 2 saturated heterocycles. The molecule has 1 aromatic heterocycles. The highest BCUT2D eigenvalue weighted by atomic mass is 19.3. The molecular weight excluding hydrogens is 315 g/mol. The summed E-state index contributed by atoms with van der Waals surface area (Å²) in [7, 11) is -0.416. The van der Waals surface area contributed by atoms with Crippen molar-refractivity contribution in [2.24, 2.45) is 0 Å². The van der Waals surface area contributed by atoms with Crippen molar-refractivity contribution in [3.63, 3.8) is 0 Å². The van der Waals surface area contributed by atoms with Crippen molar-refractivity contribution >= 4 is 12.6 Å². The molecular formula is C16H26BF2N3O2. The van der Waals surface area contributed by atoms with Crippen LogP contribution < -0.4 is 5.46 Å². The van der Waals surface area contributed by atoms with Crippen LogP contribution in [0.1, 0.15) is 40.5 Å². The van der Waals surface area contributed by atoms with Gasteiger partial charge in [0.25, 0.3) is 5.92 Å². The molecule has 134 valence electrons. The maximum atomic E-state index is 13.2. The van der Waals surface area contributed by atoms with E-state index in [1.807, 2.05) is 43.5 Å². The molecule has 1 aromatic rings. The molecule has 0 bridgehead atoms. The summed E-state index contributed by atoms with van der Waals surface area (Å²) in [6.45, 7) is 9.79. The van der Waals surface area contributed by atoms with Crippen LogP contribution in [-0.4, -0.2) is 58.6 Å². The van der Waals surface area contributed by atoms with Gasteiger partial charge in [0.05, 0.1) is 17.7 Å². The smallest absolute Gasteiger partial charge is 0.399 e. The molecule has 2 fully saturated rings. The Morgan fingerprint density at radius 1 is 1.17 bits per heavy atom. The van der Waals surface area contributed by atoms with Gasteiger partial charge in [0.1, 0.15) is 0 Å². The van der Waals surface area contributed by atoms with E-state index < -0.39 is 13.0 Å². The predicted octanol–water partition coefficient (Wildman–Crippen LogP) is 1.91. The Morgan fingerprint density at radius 2 is 1.83 bits per heavy atom. The SMILES string of the molecule is CC1(C)OB(c2cnn(CCCN3CCC(F)(F)C3)c2)OC1(C)C. The molecule has 0 spiro atoms. The molecule has 0 saturated carbocycles. The number of rotatable bonds is 5. The van der Waals surface area contributed by atoms with Crippen LogP contribution in [0.4, 0.5) is 8.78 Å². The highest BCUT2D eigenvalue weighted by molar-refractivity contribution is 6.61. The largest absolute Gasteiger partial charge is 0.498 e. The third kappa shape index (κ3) is 3.65.